The van der Waals surface area contributed by atoms with Gasteiger partial charge in [-0.15, -0.1) is 0 Å². The summed E-state index contributed by atoms with van der Waals surface area (Å²) in [4.78, 5) is 23.3. The number of carbonyl (C=O) groups is 2. The van der Waals surface area contributed by atoms with Crippen LogP contribution in [0, 0.1) is 0 Å². The Morgan fingerprint density at radius 2 is 1.60 bits per heavy atom. The number of methoxy groups -OCH3 is 2. The molecule has 0 fully saturated rings. The first kappa shape index (κ1) is 16.3. The van der Waals surface area contributed by atoms with E-state index in [1.54, 1.807) is 0 Å². The average molecular weight is 290 g/mol. The molecule has 0 amide bonds. The van der Waals surface area contributed by atoms with Crippen molar-refractivity contribution in [3.05, 3.63) is 35.4 Å². The summed E-state index contributed by atoms with van der Waals surface area (Å²) in [5.41, 5.74) is -0.829. The van der Waals surface area contributed by atoms with Crippen LogP contribution >= 0.6 is 0 Å². The molecular formula is C13H13F3O4. The van der Waals surface area contributed by atoms with Crippen LogP contribution in [0.25, 0.3) is 0 Å². The van der Waals surface area contributed by atoms with Crippen molar-refractivity contribution in [1.82, 2.24) is 0 Å². The molecule has 7 heteroatoms. The maximum Gasteiger partial charge on any atom is 0.416 e. The lowest BCUT2D eigenvalue weighted by molar-refractivity contribution is -0.155. The van der Waals surface area contributed by atoms with Crippen LogP contribution in [0.2, 0.25) is 0 Å². The molecule has 0 bridgehead atoms. The van der Waals surface area contributed by atoms with Gasteiger partial charge in [0.15, 0.2) is 11.6 Å². The lowest BCUT2D eigenvalue weighted by Crippen LogP contribution is -2.27. The minimum Gasteiger partial charge on any atom is -0.349 e. The van der Waals surface area contributed by atoms with Crippen LogP contribution in [0.15, 0.2) is 24.3 Å². The Balaban J connectivity index is 2.76. The van der Waals surface area contributed by atoms with E-state index in [1.165, 1.54) is 14.2 Å². The van der Waals surface area contributed by atoms with Crippen molar-refractivity contribution in [2.24, 2.45) is 0 Å². The highest BCUT2D eigenvalue weighted by atomic mass is 19.4. The van der Waals surface area contributed by atoms with Crippen molar-refractivity contribution in [2.75, 3.05) is 14.2 Å². The van der Waals surface area contributed by atoms with Crippen LogP contribution in [0.1, 0.15) is 22.3 Å². The van der Waals surface area contributed by atoms with Crippen molar-refractivity contribution >= 4 is 11.6 Å². The maximum atomic E-state index is 12.4. The van der Waals surface area contributed by atoms with Crippen molar-refractivity contribution in [3.8, 4) is 0 Å². The number of ketones is 2. The third-order valence-electron chi connectivity index (χ3n) is 2.56. The third kappa shape index (κ3) is 4.14. The summed E-state index contributed by atoms with van der Waals surface area (Å²) in [6.07, 6.45) is -6.12. The Hall–Kier alpha value is -1.73. The topological polar surface area (TPSA) is 52.6 Å². The Bertz CT molecular complexity index is 475. The molecule has 0 N–H and O–H groups in total. The fourth-order valence-corrected chi connectivity index (χ4v) is 1.55. The Labute approximate surface area is 113 Å². The number of hydrogen-bond donors (Lipinski definition) is 0. The zero-order chi connectivity index (χ0) is 15.3. The Morgan fingerprint density at radius 1 is 1.10 bits per heavy atom. The second-order valence-electron chi connectivity index (χ2n) is 3.94. The molecule has 0 saturated heterocycles. The lowest BCUT2D eigenvalue weighted by atomic mass is 10.0. The van der Waals surface area contributed by atoms with Crippen molar-refractivity contribution in [1.29, 1.82) is 0 Å². The van der Waals surface area contributed by atoms with Crippen molar-refractivity contribution < 1.29 is 32.2 Å². The first-order chi connectivity index (χ1) is 9.29. The molecule has 0 heterocycles. The summed E-state index contributed by atoms with van der Waals surface area (Å²) in [7, 11) is 2.49. The highest BCUT2D eigenvalue weighted by Gasteiger charge is 2.30. The smallest absolute Gasteiger partial charge is 0.349 e. The molecular weight excluding hydrogens is 277 g/mol. The van der Waals surface area contributed by atoms with E-state index >= 15 is 0 Å². The van der Waals surface area contributed by atoms with Crippen LogP contribution < -0.4 is 0 Å². The zero-order valence-corrected chi connectivity index (χ0v) is 10.9. The van der Waals surface area contributed by atoms with Gasteiger partial charge in [-0.3, -0.25) is 9.59 Å². The van der Waals surface area contributed by atoms with E-state index in [0.717, 1.165) is 24.3 Å². The number of Topliss-reactive ketones (excluding diaryl/α,β-unsaturated/α-hetero) is 2. The number of halogens is 3. The molecule has 0 unspecified atom stereocenters. The summed E-state index contributed by atoms with van der Waals surface area (Å²) in [6, 6.07) is 3.66. The number of alkyl halides is 3. The molecule has 0 spiro atoms. The molecule has 0 aliphatic rings. The zero-order valence-electron chi connectivity index (χ0n) is 10.9. The summed E-state index contributed by atoms with van der Waals surface area (Å²) in [5.74, 6) is -1.19. The van der Waals surface area contributed by atoms with Crippen LogP contribution in [-0.4, -0.2) is 32.1 Å². The molecule has 4 nitrogen and oxygen atoms in total. The molecule has 1 aromatic carbocycles. The monoisotopic (exact) mass is 290 g/mol. The molecule has 0 aromatic heterocycles. The molecule has 20 heavy (non-hydrogen) atoms. The van der Waals surface area contributed by atoms with Crippen LogP contribution in [0.5, 0.6) is 0 Å². The standard InChI is InChI=1S/C13H13F3O4/c1-19-12(20-2)11(18)7-10(17)8-3-5-9(6-4-8)13(14,15)16/h3-6,12H,7H2,1-2H3. The quantitative estimate of drug-likeness (QED) is 0.459. The normalized spacial score (nSPS) is 11.7. The van der Waals surface area contributed by atoms with Crippen molar-refractivity contribution in [2.45, 2.75) is 18.9 Å². The molecule has 0 aliphatic heterocycles. The van der Waals surface area contributed by atoms with Crippen molar-refractivity contribution in [3.63, 3.8) is 0 Å². The van der Waals surface area contributed by atoms with Gasteiger partial charge >= 0.3 is 6.18 Å². The number of rotatable bonds is 6. The fourth-order valence-electron chi connectivity index (χ4n) is 1.55. The second-order valence-corrected chi connectivity index (χ2v) is 3.94. The van der Waals surface area contributed by atoms with Gasteiger partial charge in [-0.1, -0.05) is 12.1 Å². The first-order valence-electron chi connectivity index (χ1n) is 5.58. The van der Waals surface area contributed by atoms with E-state index in [9.17, 15) is 22.8 Å². The molecule has 1 aromatic rings. The van der Waals surface area contributed by atoms with Gasteiger partial charge in [0.2, 0.25) is 6.29 Å². The predicted octanol–water partition coefficient (Wildman–Crippen LogP) is 2.47. The minimum absolute atomic E-state index is 0.0253. The maximum absolute atomic E-state index is 12.4. The average Bonchev–Trinajstić information content (AvgIpc) is 2.39. The highest BCUT2D eigenvalue weighted by molar-refractivity contribution is 6.08. The van der Waals surface area contributed by atoms with E-state index in [0.29, 0.717) is 0 Å². The van der Waals surface area contributed by atoms with Gasteiger partial charge in [0, 0.05) is 19.8 Å². The van der Waals surface area contributed by atoms with E-state index in [2.05, 4.69) is 9.47 Å². The Morgan fingerprint density at radius 3 is 2.00 bits per heavy atom. The summed E-state index contributed by atoms with van der Waals surface area (Å²) < 4.78 is 46.4. The number of carbonyl (C=O) groups excluding carboxylic acids is 2. The Kier molecular flexibility index (Phi) is 5.41. The molecule has 0 saturated carbocycles. The van der Waals surface area contributed by atoms with Gasteiger partial charge in [-0.25, -0.2) is 0 Å². The van der Waals surface area contributed by atoms with Gasteiger partial charge in [0.25, 0.3) is 0 Å². The molecule has 0 atom stereocenters. The van der Waals surface area contributed by atoms with Gasteiger partial charge < -0.3 is 9.47 Å². The number of hydrogen-bond acceptors (Lipinski definition) is 4. The van der Waals surface area contributed by atoms with Crippen LogP contribution in [0.4, 0.5) is 13.2 Å². The van der Waals surface area contributed by atoms with Gasteiger partial charge in [-0.05, 0) is 12.1 Å². The second kappa shape index (κ2) is 6.62. The van der Waals surface area contributed by atoms with Crippen LogP contribution in [0.3, 0.4) is 0 Å². The molecule has 110 valence electrons. The van der Waals surface area contributed by atoms with E-state index in [-0.39, 0.29) is 5.56 Å². The fraction of sp³-hybridized carbons (Fsp3) is 0.385. The highest BCUT2D eigenvalue weighted by Crippen LogP contribution is 2.29. The summed E-state index contributed by atoms with van der Waals surface area (Å²) >= 11 is 0. The SMILES string of the molecule is COC(OC)C(=O)CC(=O)c1ccc(C(F)(F)F)cc1. The van der Waals surface area contributed by atoms with Gasteiger partial charge in [0.05, 0.1) is 12.0 Å². The van der Waals surface area contributed by atoms with Gasteiger partial charge in [-0.2, -0.15) is 13.2 Å². The first-order valence-corrected chi connectivity index (χ1v) is 5.58. The van der Waals surface area contributed by atoms with E-state index in [1.807, 2.05) is 0 Å². The summed E-state index contributed by atoms with van der Waals surface area (Å²) in [6.45, 7) is 0. The lowest BCUT2D eigenvalue weighted by Gasteiger charge is -2.11. The molecule has 0 aliphatic carbocycles. The largest absolute Gasteiger partial charge is 0.416 e. The van der Waals surface area contributed by atoms with Crippen LogP contribution in [-0.2, 0) is 20.4 Å². The van der Waals surface area contributed by atoms with E-state index < -0.39 is 36.0 Å². The van der Waals surface area contributed by atoms with Gasteiger partial charge in [0.1, 0.15) is 0 Å². The number of ether oxygens (including phenoxy) is 2. The minimum atomic E-state index is -4.46. The molecule has 0 radical (unpaired) electrons. The molecule has 1 rings (SSSR count). The summed E-state index contributed by atoms with van der Waals surface area (Å²) in [5, 5.41) is 0. The predicted molar refractivity (Wildman–Crippen MR) is 63.2 cm³/mol. The number of benzene rings is 1. The van der Waals surface area contributed by atoms with E-state index in [4.69, 9.17) is 0 Å². The third-order valence-corrected chi connectivity index (χ3v) is 2.56.